The Kier molecular flexibility index (Phi) is 6.06. The number of piperidine rings is 1. The number of aromatic nitrogens is 3. The van der Waals surface area contributed by atoms with Crippen LogP contribution in [0.15, 0.2) is 36.0 Å². The van der Waals surface area contributed by atoms with Crippen molar-refractivity contribution in [3.63, 3.8) is 0 Å². The quantitative estimate of drug-likeness (QED) is 0.447. The molecular weight excluding hydrogens is 470 g/mol. The minimum atomic E-state index is -2.93. The van der Waals surface area contributed by atoms with E-state index in [1.54, 1.807) is 22.8 Å². The molecule has 3 N–H and O–H groups in total. The van der Waals surface area contributed by atoms with Gasteiger partial charge in [-0.15, -0.1) is 10.8 Å². The molecule has 8 nitrogen and oxygen atoms in total. The molecule has 4 heterocycles. The van der Waals surface area contributed by atoms with Gasteiger partial charge >= 0.3 is 0 Å². The molecule has 1 spiro atoms. The summed E-state index contributed by atoms with van der Waals surface area (Å²) in [6.45, 7) is 7.67. The molecule has 2 saturated heterocycles. The van der Waals surface area contributed by atoms with E-state index in [9.17, 15) is 14.2 Å². The molecular formula is C24H31N5O3S2. The van der Waals surface area contributed by atoms with Crippen LogP contribution in [0.2, 0.25) is 0 Å². The second kappa shape index (κ2) is 8.76. The summed E-state index contributed by atoms with van der Waals surface area (Å²) in [6, 6.07) is 6.00. The zero-order chi connectivity index (χ0) is 24.1. The molecule has 2 aliphatic heterocycles. The van der Waals surface area contributed by atoms with Crippen molar-refractivity contribution < 1.29 is 14.2 Å². The first-order valence-electron chi connectivity index (χ1n) is 11.5. The number of likely N-dealkylation sites (tertiary alicyclic amines) is 1. The number of aryl methyl sites for hydroxylation is 2. The lowest BCUT2D eigenvalue weighted by Gasteiger charge is -2.51. The second-order valence-corrected chi connectivity index (χ2v) is 12.3. The van der Waals surface area contributed by atoms with Gasteiger partial charge in [0.15, 0.2) is 5.82 Å². The zero-order valence-corrected chi connectivity index (χ0v) is 21.3. The number of nitrogens with zero attached hydrogens (tertiary/aromatic N) is 5. The van der Waals surface area contributed by atoms with Crippen molar-refractivity contribution >= 4 is 28.1 Å². The van der Waals surface area contributed by atoms with Gasteiger partial charge in [-0.05, 0) is 74.8 Å². The van der Waals surface area contributed by atoms with E-state index in [1.807, 2.05) is 31.4 Å². The SMILES string of the molecule is Cc1cncc(N2[C@@]3(CCN(Cc4ccc(O)c(-c5nscc5C)c4)[C@@H](C)C3)CCS2(O)O)n1. The average molecular weight is 502 g/mol. The molecule has 1 aromatic carbocycles. The van der Waals surface area contributed by atoms with Crippen molar-refractivity contribution in [1.29, 1.82) is 0 Å². The highest BCUT2D eigenvalue weighted by Crippen LogP contribution is 2.60. The van der Waals surface area contributed by atoms with E-state index < -0.39 is 10.8 Å². The van der Waals surface area contributed by atoms with Crippen LogP contribution in [-0.2, 0) is 6.54 Å². The zero-order valence-electron chi connectivity index (χ0n) is 19.7. The van der Waals surface area contributed by atoms with Gasteiger partial charge in [0.2, 0.25) is 0 Å². The summed E-state index contributed by atoms with van der Waals surface area (Å²) in [7, 11) is -2.93. The fraction of sp³-hybridized carbons (Fsp3) is 0.458. The van der Waals surface area contributed by atoms with Gasteiger partial charge in [0.05, 0.1) is 28.9 Å². The molecule has 182 valence electrons. The van der Waals surface area contributed by atoms with Crippen molar-refractivity contribution in [1.82, 2.24) is 19.2 Å². The van der Waals surface area contributed by atoms with Crippen molar-refractivity contribution in [3.8, 4) is 17.0 Å². The third-order valence-corrected chi connectivity index (χ3v) is 9.78. The van der Waals surface area contributed by atoms with E-state index in [-0.39, 0.29) is 17.3 Å². The molecule has 2 atom stereocenters. The predicted molar refractivity (Wildman–Crippen MR) is 137 cm³/mol. The van der Waals surface area contributed by atoms with Crippen LogP contribution in [-0.4, -0.2) is 57.3 Å². The first kappa shape index (κ1) is 23.5. The fourth-order valence-corrected chi connectivity index (χ4v) is 8.20. The number of anilines is 1. The van der Waals surface area contributed by atoms with Gasteiger partial charge in [0, 0.05) is 36.3 Å². The third-order valence-electron chi connectivity index (χ3n) is 7.13. The third kappa shape index (κ3) is 4.18. The van der Waals surface area contributed by atoms with Gasteiger partial charge in [-0.1, -0.05) is 6.07 Å². The molecule has 2 aliphatic rings. The maximum atomic E-state index is 10.9. The fourth-order valence-electron chi connectivity index (χ4n) is 5.42. The molecule has 0 saturated carbocycles. The molecule has 2 aromatic heterocycles. The maximum absolute atomic E-state index is 10.9. The summed E-state index contributed by atoms with van der Waals surface area (Å²) in [5.41, 5.74) is 4.21. The van der Waals surface area contributed by atoms with Crippen LogP contribution in [0.25, 0.3) is 11.3 Å². The van der Waals surface area contributed by atoms with Crippen LogP contribution in [0.1, 0.15) is 43.0 Å². The minimum absolute atomic E-state index is 0.237. The Morgan fingerprint density at radius 2 is 2.03 bits per heavy atom. The smallest absolute Gasteiger partial charge is 0.166 e. The van der Waals surface area contributed by atoms with Crippen molar-refractivity contribution in [2.75, 3.05) is 16.6 Å². The number of phenolic OH excluding ortho intramolecular Hbond substituents is 1. The summed E-state index contributed by atoms with van der Waals surface area (Å²) in [6.07, 6.45) is 5.69. The monoisotopic (exact) mass is 501 g/mol. The van der Waals surface area contributed by atoms with Crippen molar-refractivity contribution in [2.24, 2.45) is 0 Å². The molecule has 5 rings (SSSR count). The first-order valence-corrected chi connectivity index (χ1v) is 14.0. The summed E-state index contributed by atoms with van der Waals surface area (Å²) in [5, 5.41) is 12.4. The summed E-state index contributed by atoms with van der Waals surface area (Å²) in [4.78, 5) is 11.3. The van der Waals surface area contributed by atoms with Gasteiger partial charge < -0.3 is 5.11 Å². The Morgan fingerprint density at radius 3 is 2.74 bits per heavy atom. The number of rotatable bonds is 4. The molecule has 0 bridgehead atoms. The molecule has 3 aromatic rings. The van der Waals surface area contributed by atoms with Crippen molar-refractivity contribution in [3.05, 3.63) is 52.8 Å². The first-order chi connectivity index (χ1) is 16.2. The molecule has 10 heteroatoms. The molecule has 34 heavy (non-hydrogen) atoms. The normalized spacial score (nSPS) is 25.7. The number of benzene rings is 1. The molecule has 2 fully saturated rings. The number of hydrogen-bond donors (Lipinski definition) is 3. The maximum Gasteiger partial charge on any atom is 0.166 e. The van der Waals surface area contributed by atoms with Crippen LogP contribution < -0.4 is 4.31 Å². The van der Waals surface area contributed by atoms with E-state index in [0.717, 1.165) is 60.4 Å². The second-order valence-electron chi connectivity index (χ2n) is 9.60. The van der Waals surface area contributed by atoms with E-state index in [4.69, 9.17) is 0 Å². The Morgan fingerprint density at radius 1 is 1.21 bits per heavy atom. The summed E-state index contributed by atoms with van der Waals surface area (Å²) < 4.78 is 28.1. The van der Waals surface area contributed by atoms with E-state index in [1.165, 1.54) is 11.5 Å². The Bertz CT molecular complexity index is 1200. The average Bonchev–Trinajstić information content (AvgIpc) is 3.31. The van der Waals surface area contributed by atoms with Gasteiger partial charge in [0.1, 0.15) is 5.75 Å². The number of aromatic hydroxyl groups is 1. The predicted octanol–water partition coefficient (Wildman–Crippen LogP) is 5.22. The lowest BCUT2D eigenvalue weighted by molar-refractivity contribution is 0.102. The lowest BCUT2D eigenvalue weighted by atomic mass is 9.81. The Labute approximate surface area is 206 Å². The summed E-state index contributed by atoms with van der Waals surface area (Å²) >= 11 is 1.40. The molecule has 0 aliphatic carbocycles. The van der Waals surface area contributed by atoms with Crippen LogP contribution in [0.4, 0.5) is 5.82 Å². The highest BCUT2D eigenvalue weighted by atomic mass is 32.3. The Hall–Kier alpha value is -2.24. The van der Waals surface area contributed by atoms with Gasteiger partial charge in [0.25, 0.3) is 0 Å². The highest BCUT2D eigenvalue weighted by Gasteiger charge is 2.53. The van der Waals surface area contributed by atoms with E-state index >= 15 is 0 Å². The minimum Gasteiger partial charge on any atom is -0.507 e. The van der Waals surface area contributed by atoms with Gasteiger partial charge in [-0.2, -0.15) is 4.37 Å². The van der Waals surface area contributed by atoms with Crippen LogP contribution in [0.5, 0.6) is 5.75 Å². The number of hydrogen-bond acceptors (Lipinski definition) is 9. The largest absolute Gasteiger partial charge is 0.507 e. The molecule has 0 amide bonds. The van der Waals surface area contributed by atoms with Gasteiger partial charge in [-0.25, -0.2) is 9.29 Å². The lowest BCUT2D eigenvalue weighted by Crippen LogP contribution is -2.55. The highest BCUT2D eigenvalue weighted by molar-refractivity contribution is 8.25. The topological polar surface area (TPSA) is 106 Å². The summed E-state index contributed by atoms with van der Waals surface area (Å²) in [5.74, 6) is 1.17. The standard InChI is InChI=1S/C24H31N5O3S2/c1-16-15-33-27-23(16)20-10-19(4-5-21(20)30)14-28-8-6-24(11-18(28)3)7-9-34(31,32)29(24)22-13-25-12-17(2)26-22/h4-5,10,12-13,15,18,30-32H,6-9,11,14H2,1-3H3/t18-,24-/m0/s1. The molecule has 0 unspecified atom stereocenters. The van der Waals surface area contributed by atoms with Crippen LogP contribution in [0.3, 0.4) is 0 Å². The van der Waals surface area contributed by atoms with E-state index in [2.05, 4.69) is 26.2 Å². The van der Waals surface area contributed by atoms with Gasteiger partial charge in [-0.3, -0.25) is 19.0 Å². The van der Waals surface area contributed by atoms with E-state index in [0.29, 0.717) is 11.6 Å². The number of phenols is 1. The van der Waals surface area contributed by atoms with Crippen molar-refractivity contribution in [2.45, 2.75) is 58.2 Å². The van der Waals surface area contributed by atoms with Crippen LogP contribution >= 0.6 is 22.3 Å². The Balaban J connectivity index is 1.37. The molecule has 0 radical (unpaired) electrons. The van der Waals surface area contributed by atoms with Crippen LogP contribution in [0, 0.1) is 13.8 Å².